The zero-order valence-corrected chi connectivity index (χ0v) is 15.2. The summed E-state index contributed by atoms with van der Waals surface area (Å²) in [5.41, 5.74) is 3.55. The first kappa shape index (κ1) is 17.4. The molecule has 1 aliphatic heterocycles. The molecule has 0 spiro atoms. The molecule has 0 amide bonds. The van der Waals surface area contributed by atoms with Crippen LogP contribution in [0.25, 0.3) is 0 Å². The minimum atomic E-state index is 0.189. The van der Waals surface area contributed by atoms with Crippen LogP contribution in [0.5, 0.6) is 23.0 Å². The third-order valence-electron chi connectivity index (χ3n) is 4.94. The SMILES string of the molecule is COc1cc2c(cc1O)C(Cc1ccc(OC)c(OC)c1)N(C)CC2. The van der Waals surface area contributed by atoms with Gasteiger partial charge in [-0.25, -0.2) is 0 Å². The molecule has 3 rings (SSSR count). The summed E-state index contributed by atoms with van der Waals surface area (Å²) >= 11 is 0. The van der Waals surface area contributed by atoms with Crippen LogP contribution in [0.4, 0.5) is 0 Å². The number of benzene rings is 2. The molecule has 1 aliphatic rings. The number of likely N-dealkylation sites (N-methyl/N-ethyl adjacent to an activating group) is 1. The fourth-order valence-electron chi connectivity index (χ4n) is 3.50. The first-order valence-electron chi connectivity index (χ1n) is 8.38. The van der Waals surface area contributed by atoms with Gasteiger partial charge in [-0.3, -0.25) is 4.90 Å². The molecule has 134 valence electrons. The summed E-state index contributed by atoms with van der Waals surface area (Å²) < 4.78 is 16.0. The predicted molar refractivity (Wildman–Crippen MR) is 97.0 cm³/mol. The quantitative estimate of drug-likeness (QED) is 0.904. The number of nitrogens with zero attached hydrogens (tertiary/aromatic N) is 1. The number of fused-ring (bicyclic) bond motifs is 1. The van der Waals surface area contributed by atoms with Gasteiger partial charge in [0.25, 0.3) is 0 Å². The van der Waals surface area contributed by atoms with Crippen molar-refractivity contribution in [3.8, 4) is 23.0 Å². The molecule has 0 aliphatic carbocycles. The largest absolute Gasteiger partial charge is 0.504 e. The van der Waals surface area contributed by atoms with E-state index in [9.17, 15) is 5.11 Å². The van der Waals surface area contributed by atoms with E-state index in [4.69, 9.17) is 14.2 Å². The van der Waals surface area contributed by atoms with E-state index in [-0.39, 0.29) is 11.8 Å². The Labute approximate surface area is 148 Å². The van der Waals surface area contributed by atoms with Gasteiger partial charge in [0.05, 0.1) is 21.3 Å². The maximum Gasteiger partial charge on any atom is 0.160 e. The van der Waals surface area contributed by atoms with Crippen molar-refractivity contribution in [2.75, 3.05) is 34.9 Å². The lowest BCUT2D eigenvalue weighted by Crippen LogP contribution is -2.33. The maximum absolute atomic E-state index is 10.2. The summed E-state index contributed by atoms with van der Waals surface area (Å²) in [4.78, 5) is 2.32. The Kier molecular flexibility index (Phi) is 5.04. The lowest BCUT2D eigenvalue weighted by atomic mass is 9.88. The van der Waals surface area contributed by atoms with Gasteiger partial charge in [0, 0.05) is 12.6 Å². The van der Waals surface area contributed by atoms with Gasteiger partial charge in [-0.2, -0.15) is 0 Å². The van der Waals surface area contributed by atoms with Crippen LogP contribution >= 0.6 is 0 Å². The summed E-state index contributed by atoms with van der Waals surface area (Å²) in [7, 11) is 6.99. The monoisotopic (exact) mass is 343 g/mol. The van der Waals surface area contributed by atoms with Crippen LogP contribution in [0.2, 0.25) is 0 Å². The van der Waals surface area contributed by atoms with Crippen LogP contribution in [0, 0.1) is 0 Å². The normalized spacial score (nSPS) is 17.0. The fourth-order valence-corrected chi connectivity index (χ4v) is 3.50. The first-order valence-corrected chi connectivity index (χ1v) is 8.38. The number of phenols is 1. The zero-order valence-electron chi connectivity index (χ0n) is 15.2. The Bertz CT molecular complexity index is 760. The number of phenolic OH excluding ortho intramolecular Hbond substituents is 1. The molecule has 0 saturated carbocycles. The Hall–Kier alpha value is -2.40. The van der Waals surface area contributed by atoms with Gasteiger partial charge in [-0.05, 0) is 60.8 Å². The van der Waals surface area contributed by atoms with Crippen LogP contribution in [0.3, 0.4) is 0 Å². The summed E-state index contributed by atoms with van der Waals surface area (Å²) in [6, 6.07) is 10.0. The number of hydrogen-bond donors (Lipinski definition) is 1. The van der Waals surface area contributed by atoms with Gasteiger partial charge in [0.2, 0.25) is 0 Å². The molecular formula is C20H25NO4. The Morgan fingerprint density at radius 2 is 1.72 bits per heavy atom. The van der Waals surface area contributed by atoms with Crippen molar-refractivity contribution in [2.24, 2.45) is 0 Å². The van der Waals surface area contributed by atoms with E-state index < -0.39 is 0 Å². The number of rotatable bonds is 5. The van der Waals surface area contributed by atoms with E-state index >= 15 is 0 Å². The third kappa shape index (κ3) is 3.37. The molecule has 0 radical (unpaired) electrons. The van der Waals surface area contributed by atoms with Gasteiger partial charge < -0.3 is 19.3 Å². The lowest BCUT2D eigenvalue weighted by Gasteiger charge is -2.35. The number of methoxy groups -OCH3 is 3. The second-order valence-electron chi connectivity index (χ2n) is 6.36. The Morgan fingerprint density at radius 3 is 2.40 bits per heavy atom. The molecule has 2 aromatic carbocycles. The molecule has 1 N–H and O–H groups in total. The minimum Gasteiger partial charge on any atom is -0.504 e. The van der Waals surface area contributed by atoms with E-state index in [2.05, 4.69) is 18.0 Å². The summed E-state index contributed by atoms with van der Waals surface area (Å²) in [5, 5.41) is 10.2. The average molecular weight is 343 g/mol. The molecule has 0 aromatic heterocycles. The number of aromatic hydroxyl groups is 1. The molecule has 25 heavy (non-hydrogen) atoms. The Morgan fingerprint density at radius 1 is 1.00 bits per heavy atom. The number of ether oxygens (including phenoxy) is 3. The van der Waals surface area contributed by atoms with Crippen LogP contribution < -0.4 is 14.2 Å². The zero-order chi connectivity index (χ0) is 18.0. The molecule has 5 nitrogen and oxygen atoms in total. The van der Waals surface area contributed by atoms with Crippen LogP contribution in [0.1, 0.15) is 22.7 Å². The number of hydrogen-bond acceptors (Lipinski definition) is 5. The smallest absolute Gasteiger partial charge is 0.160 e. The van der Waals surface area contributed by atoms with Crippen molar-refractivity contribution in [2.45, 2.75) is 18.9 Å². The van der Waals surface area contributed by atoms with Crippen LogP contribution in [-0.2, 0) is 12.8 Å². The second kappa shape index (κ2) is 7.23. The van der Waals surface area contributed by atoms with Gasteiger partial charge in [-0.15, -0.1) is 0 Å². The van der Waals surface area contributed by atoms with Crippen molar-refractivity contribution in [1.82, 2.24) is 4.90 Å². The van der Waals surface area contributed by atoms with Crippen LogP contribution in [0.15, 0.2) is 30.3 Å². The first-order chi connectivity index (χ1) is 12.1. The van der Waals surface area contributed by atoms with Crippen LogP contribution in [-0.4, -0.2) is 44.9 Å². The van der Waals surface area contributed by atoms with Crippen molar-refractivity contribution < 1.29 is 19.3 Å². The highest BCUT2D eigenvalue weighted by Gasteiger charge is 2.27. The summed E-state index contributed by atoms with van der Waals surface area (Å²) in [6.45, 7) is 0.971. The van der Waals surface area contributed by atoms with Crippen molar-refractivity contribution in [3.63, 3.8) is 0 Å². The summed E-state index contributed by atoms with van der Waals surface area (Å²) in [6.07, 6.45) is 1.78. The van der Waals surface area contributed by atoms with E-state index in [0.717, 1.165) is 42.0 Å². The second-order valence-corrected chi connectivity index (χ2v) is 6.36. The molecular weight excluding hydrogens is 318 g/mol. The van der Waals surface area contributed by atoms with Gasteiger partial charge in [0.1, 0.15) is 0 Å². The summed E-state index contributed by atoms with van der Waals surface area (Å²) in [5.74, 6) is 2.18. The topological polar surface area (TPSA) is 51.2 Å². The molecule has 2 aromatic rings. The molecule has 0 bridgehead atoms. The van der Waals surface area contributed by atoms with E-state index in [1.54, 1.807) is 21.3 Å². The fraction of sp³-hybridized carbons (Fsp3) is 0.400. The van der Waals surface area contributed by atoms with E-state index in [0.29, 0.717) is 5.75 Å². The van der Waals surface area contributed by atoms with Gasteiger partial charge >= 0.3 is 0 Å². The molecule has 0 fully saturated rings. The Balaban J connectivity index is 1.94. The molecule has 5 heteroatoms. The molecule has 0 saturated heterocycles. The minimum absolute atomic E-state index is 0.189. The highest BCUT2D eigenvalue weighted by molar-refractivity contribution is 5.49. The predicted octanol–water partition coefficient (Wildman–Crippen LogP) is 3.19. The average Bonchev–Trinajstić information content (AvgIpc) is 2.63. The van der Waals surface area contributed by atoms with Gasteiger partial charge in [0.15, 0.2) is 23.0 Å². The third-order valence-corrected chi connectivity index (χ3v) is 4.94. The van der Waals surface area contributed by atoms with E-state index in [1.165, 1.54) is 5.56 Å². The molecule has 1 unspecified atom stereocenters. The van der Waals surface area contributed by atoms with Crippen molar-refractivity contribution in [1.29, 1.82) is 0 Å². The van der Waals surface area contributed by atoms with Crippen molar-refractivity contribution >= 4 is 0 Å². The maximum atomic E-state index is 10.2. The van der Waals surface area contributed by atoms with Gasteiger partial charge in [-0.1, -0.05) is 6.07 Å². The molecule has 1 atom stereocenters. The van der Waals surface area contributed by atoms with E-state index in [1.807, 2.05) is 24.3 Å². The standard InChI is InChI=1S/C20H25NO4/c1-21-8-7-14-11-19(24-3)17(22)12-15(14)16(21)9-13-5-6-18(23-2)20(10-13)25-4/h5-6,10-12,16,22H,7-9H2,1-4H3. The highest BCUT2D eigenvalue weighted by atomic mass is 16.5. The highest BCUT2D eigenvalue weighted by Crippen LogP contribution is 2.39. The lowest BCUT2D eigenvalue weighted by molar-refractivity contribution is 0.228. The molecule has 1 heterocycles. The van der Waals surface area contributed by atoms with Crippen molar-refractivity contribution in [3.05, 3.63) is 47.0 Å².